The minimum atomic E-state index is -3.97. The molecule has 1 aliphatic carbocycles. The Hall–Kier alpha value is -2.94. The first kappa shape index (κ1) is 35.4. The van der Waals surface area contributed by atoms with Gasteiger partial charge in [0.05, 0.1) is 22.7 Å². The number of nitrogens with zero attached hydrogens (tertiary/aromatic N) is 6. The second kappa shape index (κ2) is 13.2. The molecule has 47 heavy (non-hydrogen) atoms. The molecule has 1 aromatic heterocycles. The molecule has 1 aromatic carbocycles. The number of fused-ring (bicyclic) bond motifs is 1. The second-order valence-corrected chi connectivity index (χ2v) is 23.0. The number of likely N-dealkylation sites (tertiary alicyclic amines) is 1. The Kier molecular flexibility index (Phi) is 9.91. The van der Waals surface area contributed by atoms with Crippen molar-refractivity contribution in [3.05, 3.63) is 31.0 Å². The van der Waals surface area contributed by atoms with Crippen molar-refractivity contribution >= 4 is 46.7 Å². The van der Waals surface area contributed by atoms with E-state index >= 15 is 0 Å². The minimum absolute atomic E-state index is 0.00571. The van der Waals surface area contributed by atoms with E-state index in [0.717, 1.165) is 30.0 Å². The number of amides is 2. The maximum absolute atomic E-state index is 14.6. The van der Waals surface area contributed by atoms with Gasteiger partial charge >= 0.3 is 6.09 Å². The molecule has 0 bridgehead atoms. The number of carbonyl (C=O) groups excluding carboxylic acids is 2. The zero-order valence-electron chi connectivity index (χ0n) is 29.1. The molecule has 3 fully saturated rings. The maximum Gasteiger partial charge on any atom is 0.410 e. The largest absolute Gasteiger partial charge is 0.444 e. The highest BCUT2D eigenvalue weighted by atomic mass is 32.2. The van der Waals surface area contributed by atoms with E-state index in [1.165, 1.54) is 10.4 Å². The number of carbonyl (C=O) groups is 2. The average molecular weight is 689 g/mol. The van der Waals surface area contributed by atoms with E-state index in [0.29, 0.717) is 57.8 Å². The normalized spacial score (nSPS) is 20.3. The van der Waals surface area contributed by atoms with Crippen molar-refractivity contribution in [2.24, 2.45) is 0 Å². The number of anilines is 1. The van der Waals surface area contributed by atoms with Crippen LogP contribution in [0.4, 0.5) is 10.5 Å². The molecule has 2 aliphatic heterocycles. The van der Waals surface area contributed by atoms with Crippen molar-refractivity contribution in [2.45, 2.75) is 94.7 Å². The van der Waals surface area contributed by atoms with Gasteiger partial charge in [-0.2, -0.15) is 9.40 Å². The minimum Gasteiger partial charge on any atom is -0.444 e. The topological polar surface area (TPSA) is 118 Å². The van der Waals surface area contributed by atoms with E-state index in [4.69, 9.17) is 14.6 Å². The van der Waals surface area contributed by atoms with Crippen LogP contribution >= 0.6 is 0 Å². The lowest BCUT2D eigenvalue weighted by atomic mass is 10.1. The first-order valence-corrected chi connectivity index (χ1v) is 21.8. The number of rotatable bonds is 11. The third-order valence-corrected chi connectivity index (χ3v) is 13.0. The van der Waals surface area contributed by atoms with Gasteiger partial charge in [-0.15, -0.1) is 0 Å². The van der Waals surface area contributed by atoms with E-state index in [1.807, 2.05) is 32.4 Å². The fraction of sp³-hybridized carbons (Fsp3) is 0.667. The third kappa shape index (κ3) is 8.03. The van der Waals surface area contributed by atoms with E-state index in [-0.39, 0.29) is 29.7 Å². The maximum atomic E-state index is 14.6. The number of piperazine rings is 1. The van der Waals surface area contributed by atoms with Crippen molar-refractivity contribution in [3.8, 4) is 0 Å². The Labute approximate surface area is 280 Å². The van der Waals surface area contributed by atoms with E-state index < -0.39 is 29.2 Å². The molecule has 1 unspecified atom stereocenters. The summed E-state index contributed by atoms with van der Waals surface area (Å²) >= 11 is 0. The molecule has 0 N–H and O–H groups in total. The third-order valence-electron chi connectivity index (χ3n) is 9.30. The van der Waals surface area contributed by atoms with Crippen LogP contribution in [0.15, 0.2) is 35.9 Å². The van der Waals surface area contributed by atoms with Gasteiger partial charge in [-0.3, -0.25) is 9.48 Å². The van der Waals surface area contributed by atoms with Crippen molar-refractivity contribution in [3.63, 3.8) is 0 Å². The van der Waals surface area contributed by atoms with Crippen molar-refractivity contribution in [1.29, 1.82) is 0 Å². The highest BCUT2D eigenvalue weighted by Crippen LogP contribution is 2.45. The molecular formula is C33H52N6O6SSi. The summed E-state index contributed by atoms with van der Waals surface area (Å²) < 4.78 is 44.2. The van der Waals surface area contributed by atoms with Crippen LogP contribution in [0.3, 0.4) is 0 Å². The van der Waals surface area contributed by atoms with E-state index in [1.54, 1.807) is 28.1 Å². The van der Waals surface area contributed by atoms with Gasteiger partial charge in [0.25, 0.3) is 0 Å². The van der Waals surface area contributed by atoms with Gasteiger partial charge < -0.3 is 24.2 Å². The number of sulfonamides is 1. The number of aromatic nitrogens is 2. The van der Waals surface area contributed by atoms with Crippen LogP contribution in [-0.4, -0.2) is 116 Å². The Bertz CT molecular complexity index is 1600. The first-order valence-electron chi connectivity index (χ1n) is 16.7. The van der Waals surface area contributed by atoms with Gasteiger partial charge in [-0.25, -0.2) is 13.2 Å². The number of hydrogen-bond acceptors (Lipinski definition) is 8. The fourth-order valence-corrected chi connectivity index (χ4v) is 8.64. The molecule has 0 radical (unpaired) electrons. The van der Waals surface area contributed by atoms with Gasteiger partial charge in [0.15, 0.2) is 0 Å². The predicted molar refractivity (Wildman–Crippen MR) is 186 cm³/mol. The zero-order valence-corrected chi connectivity index (χ0v) is 30.9. The summed E-state index contributed by atoms with van der Waals surface area (Å²) in [5.41, 5.74) is 0.373. The summed E-state index contributed by atoms with van der Waals surface area (Å²) in [7, 11) is -5.31. The molecule has 1 saturated carbocycles. The van der Waals surface area contributed by atoms with Gasteiger partial charge in [0, 0.05) is 70.6 Å². The Morgan fingerprint density at radius 1 is 1.11 bits per heavy atom. The Morgan fingerprint density at radius 2 is 1.79 bits per heavy atom. The second-order valence-electron chi connectivity index (χ2n) is 15.5. The van der Waals surface area contributed by atoms with Crippen LogP contribution in [0.2, 0.25) is 25.7 Å². The predicted octanol–water partition coefficient (Wildman–Crippen LogP) is 4.91. The average Bonchev–Trinajstić information content (AvgIpc) is 3.36. The van der Waals surface area contributed by atoms with Crippen LogP contribution in [-0.2, 0) is 24.3 Å². The number of hydrogen-bond donors (Lipinski definition) is 0. The molecule has 14 heteroatoms. The number of benzene rings is 1. The smallest absolute Gasteiger partial charge is 0.410 e. The summed E-state index contributed by atoms with van der Waals surface area (Å²) in [6.45, 7) is 21.5. The molecule has 260 valence electrons. The molecule has 2 aromatic rings. The number of ether oxygens (including phenoxy) is 2. The lowest BCUT2D eigenvalue weighted by Crippen LogP contribution is -2.50. The molecule has 1 atom stereocenters. The van der Waals surface area contributed by atoms with Gasteiger partial charge in [-0.05, 0) is 71.2 Å². The first-order chi connectivity index (χ1) is 21.9. The fourth-order valence-electron chi connectivity index (χ4n) is 6.13. The van der Waals surface area contributed by atoms with Gasteiger partial charge in [-0.1, -0.05) is 26.2 Å². The van der Waals surface area contributed by atoms with Crippen LogP contribution in [0, 0.1) is 0 Å². The highest BCUT2D eigenvalue weighted by Gasteiger charge is 2.50. The molecule has 3 aliphatic rings. The molecule has 3 heterocycles. The quantitative estimate of drug-likeness (QED) is 0.142. The summed E-state index contributed by atoms with van der Waals surface area (Å²) in [5.74, 6) is -0.127. The van der Waals surface area contributed by atoms with Crippen molar-refractivity contribution in [2.75, 3.05) is 57.5 Å². The SMILES string of the molecule is C=CC(=O)N1CCC(n2ncc3c(N4CCN(C(=O)OC(C)(C)C)CC4)cc(S(=O)(=O)N(COCC[Si](C)(C)C)C4(C)CC4)cc32)C1. The van der Waals surface area contributed by atoms with Crippen LogP contribution < -0.4 is 4.90 Å². The molecular weight excluding hydrogens is 637 g/mol. The van der Waals surface area contributed by atoms with Crippen molar-refractivity contribution < 1.29 is 27.5 Å². The molecule has 0 spiro atoms. The van der Waals surface area contributed by atoms with Crippen LogP contribution in [0.1, 0.15) is 53.0 Å². The lowest BCUT2D eigenvalue weighted by molar-refractivity contribution is -0.125. The Balaban J connectivity index is 1.49. The lowest BCUT2D eigenvalue weighted by Gasteiger charge is -2.37. The van der Waals surface area contributed by atoms with E-state index in [9.17, 15) is 18.0 Å². The van der Waals surface area contributed by atoms with Crippen molar-refractivity contribution in [1.82, 2.24) is 23.9 Å². The standard InChI is InChI=1S/C33H52N6O6SSi/c1-9-30(40)37-13-10-25(23-37)39-29-21-26(46(42,43)38(33(5)11-12-33)24-44-18-19-47(6,7)8)20-28(27(29)22-34-39)35-14-16-36(17-15-35)31(41)45-32(2,3)4/h9,20-22,25H,1,10-19,23-24H2,2-8H3. The zero-order chi connectivity index (χ0) is 34.4. The van der Waals surface area contributed by atoms with E-state index in [2.05, 4.69) is 31.1 Å². The molecule has 2 saturated heterocycles. The van der Waals surface area contributed by atoms with Gasteiger partial charge in [0.2, 0.25) is 15.9 Å². The summed E-state index contributed by atoms with van der Waals surface area (Å²) in [6.07, 6.45) is 5.01. The summed E-state index contributed by atoms with van der Waals surface area (Å²) in [5, 5.41) is 5.59. The summed E-state index contributed by atoms with van der Waals surface area (Å²) in [6, 6.07) is 4.34. The monoisotopic (exact) mass is 688 g/mol. The van der Waals surface area contributed by atoms with Crippen LogP contribution in [0.5, 0.6) is 0 Å². The summed E-state index contributed by atoms with van der Waals surface area (Å²) in [4.78, 5) is 30.9. The molecule has 2 amide bonds. The Morgan fingerprint density at radius 3 is 2.38 bits per heavy atom. The molecule has 12 nitrogen and oxygen atoms in total. The molecule has 5 rings (SSSR count). The van der Waals surface area contributed by atoms with Crippen LogP contribution in [0.25, 0.3) is 10.9 Å². The van der Waals surface area contributed by atoms with Gasteiger partial charge in [0.1, 0.15) is 12.3 Å². The highest BCUT2D eigenvalue weighted by molar-refractivity contribution is 7.89.